The van der Waals surface area contributed by atoms with E-state index in [4.69, 9.17) is 4.74 Å². The molecule has 0 saturated heterocycles. The van der Waals surface area contributed by atoms with Crippen LogP contribution in [0.25, 0.3) is 0 Å². The van der Waals surface area contributed by atoms with Crippen molar-refractivity contribution in [3.05, 3.63) is 88.5 Å². The molecule has 192 valence electrons. The van der Waals surface area contributed by atoms with Crippen molar-refractivity contribution in [2.75, 3.05) is 18.0 Å². The van der Waals surface area contributed by atoms with E-state index in [1.807, 2.05) is 39.8 Å². The smallest absolute Gasteiger partial charge is 0.264 e. The van der Waals surface area contributed by atoms with Crippen LogP contribution in [0.1, 0.15) is 60.5 Å². The van der Waals surface area contributed by atoms with E-state index in [9.17, 15) is 13.2 Å². The second-order valence-corrected chi connectivity index (χ2v) is 11.3. The van der Waals surface area contributed by atoms with Gasteiger partial charge in [0.25, 0.3) is 10.0 Å². The van der Waals surface area contributed by atoms with Gasteiger partial charge >= 0.3 is 0 Å². The molecule has 0 spiro atoms. The summed E-state index contributed by atoms with van der Waals surface area (Å²) in [6.07, 6.45) is 0. The van der Waals surface area contributed by atoms with Gasteiger partial charge in [0, 0.05) is 0 Å². The van der Waals surface area contributed by atoms with E-state index in [1.54, 1.807) is 49.6 Å². The van der Waals surface area contributed by atoms with Crippen molar-refractivity contribution in [1.29, 1.82) is 0 Å². The predicted molar refractivity (Wildman–Crippen MR) is 145 cm³/mol. The van der Waals surface area contributed by atoms with E-state index in [1.165, 1.54) is 4.31 Å². The van der Waals surface area contributed by atoms with E-state index in [0.29, 0.717) is 5.69 Å². The van der Waals surface area contributed by atoms with Gasteiger partial charge in [0.05, 0.1) is 23.7 Å². The van der Waals surface area contributed by atoms with Gasteiger partial charge in [-0.05, 0) is 91.8 Å². The topological polar surface area (TPSA) is 75.7 Å². The van der Waals surface area contributed by atoms with Crippen LogP contribution in [0.15, 0.2) is 65.6 Å². The third-order valence-corrected chi connectivity index (χ3v) is 8.32. The van der Waals surface area contributed by atoms with Crippen molar-refractivity contribution < 1.29 is 17.9 Å². The normalized spacial score (nSPS) is 12.3. The second kappa shape index (κ2) is 11.2. The maximum absolute atomic E-state index is 13.7. The van der Waals surface area contributed by atoms with Gasteiger partial charge in [-0.3, -0.25) is 9.10 Å². The molecule has 6 nitrogen and oxygen atoms in total. The van der Waals surface area contributed by atoms with Crippen LogP contribution < -0.4 is 14.4 Å². The van der Waals surface area contributed by atoms with E-state index in [2.05, 4.69) is 25.2 Å². The number of carbonyl (C=O) groups is 1. The van der Waals surface area contributed by atoms with Crippen LogP contribution in [0.2, 0.25) is 0 Å². The summed E-state index contributed by atoms with van der Waals surface area (Å²) < 4.78 is 34.1. The molecule has 36 heavy (non-hydrogen) atoms. The van der Waals surface area contributed by atoms with E-state index in [0.717, 1.165) is 33.6 Å². The molecule has 0 saturated carbocycles. The molecule has 0 unspecified atom stereocenters. The van der Waals surface area contributed by atoms with Crippen molar-refractivity contribution in [2.24, 2.45) is 0 Å². The van der Waals surface area contributed by atoms with Crippen molar-refractivity contribution in [3.63, 3.8) is 0 Å². The average molecular weight is 509 g/mol. The summed E-state index contributed by atoms with van der Waals surface area (Å²) in [6.45, 7) is 11.5. The molecule has 3 rings (SSSR count). The highest BCUT2D eigenvalue weighted by atomic mass is 32.2. The summed E-state index contributed by atoms with van der Waals surface area (Å²) in [7, 11) is -2.31. The number of carbonyl (C=O) groups excluding carboxylic acids is 1. The zero-order valence-electron chi connectivity index (χ0n) is 22.1. The maximum Gasteiger partial charge on any atom is 0.264 e. The lowest BCUT2D eigenvalue weighted by Gasteiger charge is -2.27. The molecular weight excluding hydrogens is 472 g/mol. The monoisotopic (exact) mass is 508 g/mol. The first-order valence-electron chi connectivity index (χ1n) is 12.1. The number of ether oxygens (including phenoxy) is 1. The zero-order chi connectivity index (χ0) is 26.6. The molecule has 0 aliphatic heterocycles. The lowest BCUT2D eigenvalue weighted by atomic mass is 9.93. The number of amides is 1. The number of anilines is 1. The van der Waals surface area contributed by atoms with Crippen LogP contribution in [-0.4, -0.2) is 28.0 Å². The van der Waals surface area contributed by atoms with E-state index >= 15 is 0 Å². The number of hydrogen-bond acceptors (Lipinski definition) is 4. The fourth-order valence-electron chi connectivity index (χ4n) is 4.33. The molecule has 0 fully saturated rings. The minimum absolute atomic E-state index is 0.138. The third kappa shape index (κ3) is 5.73. The Bertz CT molecular complexity index is 1330. The minimum Gasteiger partial charge on any atom is -0.496 e. The van der Waals surface area contributed by atoms with E-state index in [-0.39, 0.29) is 29.3 Å². The van der Waals surface area contributed by atoms with Crippen molar-refractivity contribution >= 4 is 21.6 Å². The van der Waals surface area contributed by atoms with Gasteiger partial charge in [-0.1, -0.05) is 44.2 Å². The van der Waals surface area contributed by atoms with Gasteiger partial charge in [-0.2, -0.15) is 0 Å². The molecule has 7 heteroatoms. The van der Waals surface area contributed by atoms with Crippen LogP contribution in [0, 0.1) is 20.8 Å². The molecule has 0 aliphatic rings. The van der Waals surface area contributed by atoms with Crippen molar-refractivity contribution in [2.45, 2.75) is 58.4 Å². The summed E-state index contributed by atoms with van der Waals surface area (Å²) in [6, 6.07) is 17.4. The molecule has 0 radical (unpaired) electrons. The molecule has 3 aromatic carbocycles. The highest BCUT2D eigenvalue weighted by Gasteiger charge is 2.29. The van der Waals surface area contributed by atoms with Gasteiger partial charge < -0.3 is 10.1 Å². The zero-order valence-corrected chi connectivity index (χ0v) is 22.9. The SMILES string of the molecule is COc1cc(C)c([C@H](C)NC(=O)CN(c2cccc(C)c2C)S(=O)(=O)c2ccccc2)cc1C(C)C. The largest absolute Gasteiger partial charge is 0.496 e. The molecule has 3 aromatic rings. The number of nitrogens with one attached hydrogen (secondary N) is 1. The molecule has 1 N–H and O–H groups in total. The Morgan fingerprint density at radius 2 is 1.58 bits per heavy atom. The van der Waals surface area contributed by atoms with Gasteiger partial charge in [0.2, 0.25) is 5.91 Å². The Kier molecular flexibility index (Phi) is 8.46. The highest BCUT2D eigenvalue weighted by Crippen LogP contribution is 2.32. The molecule has 1 amide bonds. The van der Waals surface area contributed by atoms with Crippen LogP contribution in [0.4, 0.5) is 5.69 Å². The first kappa shape index (κ1) is 27.3. The van der Waals surface area contributed by atoms with Crippen LogP contribution in [-0.2, 0) is 14.8 Å². The summed E-state index contributed by atoms with van der Waals surface area (Å²) in [5.74, 6) is 0.682. The van der Waals surface area contributed by atoms with Crippen LogP contribution in [0.5, 0.6) is 5.75 Å². The minimum atomic E-state index is -3.97. The highest BCUT2D eigenvalue weighted by molar-refractivity contribution is 7.92. The van der Waals surface area contributed by atoms with E-state index < -0.39 is 10.0 Å². The lowest BCUT2D eigenvalue weighted by molar-refractivity contribution is -0.120. The first-order valence-corrected chi connectivity index (χ1v) is 13.5. The third-order valence-electron chi connectivity index (χ3n) is 6.55. The molecule has 0 heterocycles. The molecule has 0 bridgehead atoms. The lowest BCUT2D eigenvalue weighted by Crippen LogP contribution is -2.42. The molecule has 1 atom stereocenters. The number of hydrogen-bond donors (Lipinski definition) is 1. The van der Waals surface area contributed by atoms with Crippen LogP contribution >= 0.6 is 0 Å². The number of sulfonamides is 1. The fraction of sp³-hybridized carbons (Fsp3) is 0.345. The quantitative estimate of drug-likeness (QED) is 0.395. The Balaban J connectivity index is 1.95. The van der Waals surface area contributed by atoms with Crippen molar-refractivity contribution in [3.8, 4) is 5.75 Å². The number of aryl methyl sites for hydroxylation is 2. The first-order chi connectivity index (χ1) is 17.0. The molecular formula is C29H36N2O4S. The van der Waals surface area contributed by atoms with Crippen LogP contribution in [0.3, 0.4) is 0 Å². The Labute approximate surface area is 215 Å². The number of nitrogens with zero attached hydrogens (tertiary/aromatic N) is 1. The standard InChI is InChI=1S/C29H36N2O4S/c1-19(2)25-17-26(21(4)16-28(25)35-7)23(6)30-29(32)18-31(27-15-11-12-20(3)22(27)5)36(33,34)24-13-9-8-10-14-24/h8-17,19,23H,18H2,1-7H3,(H,30,32)/t23-/m0/s1. The summed E-state index contributed by atoms with van der Waals surface area (Å²) in [4.78, 5) is 13.4. The Hall–Kier alpha value is -3.32. The Morgan fingerprint density at radius 1 is 0.917 bits per heavy atom. The van der Waals surface area contributed by atoms with Gasteiger partial charge in [0.1, 0.15) is 12.3 Å². The fourth-order valence-corrected chi connectivity index (χ4v) is 5.83. The summed E-state index contributed by atoms with van der Waals surface area (Å²) in [5.41, 5.74) is 5.27. The van der Waals surface area contributed by atoms with Crippen molar-refractivity contribution in [1.82, 2.24) is 5.32 Å². The molecule has 0 aromatic heterocycles. The molecule has 0 aliphatic carbocycles. The predicted octanol–water partition coefficient (Wildman–Crippen LogP) is 5.82. The maximum atomic E-state index is 13.7. The van der Waals surface area contributed by atoms with Gasteiger partial charge in [-0.15, -0.1) is 0 Å². The number of methoxy groups -OCH3 is 1. The number of rotatable bonds is 9. The summed E-state index contributed by atoms with van der Waals surface area (Å²) in [5, 5.41) is 3.01. The second-order valence-electron chi connectivity index (χ2n) is 9.44. The van der Waals surface area contributed by atoms with Gasteiger partial charge in [-0.25, -0.2) is 8.42 Å². The number of benzene rings is 3. The average Bonchev–Trinajstić information content (AvgIpc) is 2.84. The van der Waals surface area contributed by atoms with Gasteiger partial charge in [0.15, 0.2) is 0 Å². The summed E-state index contributed by atoms with van der Waals surface area (Å²) >= 11 is 0. The Morgan fingerprint density at radius 3 is 2.19 bits per heavy atom.